The third kappa shape index (κ3) is 6.16. The number of aromatic nitrogens is 3. The molecular formula is C57H35N3S. The summed E-state index contributed by atoms with van der Waals surface area (Å²) in [5, 5.41) is 9.95. The maximum Gasteiger partial charge on any atom is 0.164 e. The first kappa shape index (κ1) is 35.2. The number of nitrogens with zero attached hydrogens (tertiary/aromatic N) is 3. The molecule has 0 bridgehead atoms. The molecule has 0 fully saturated rings. The van der Waals surface area contributed by atoms with Gasteiger partial charge in [0.1, 0.15) is 0 Å². The van der Waals surface area contributed by atoms with Gasteiger partial charge in [0.15, 0.2) is 17.5 Å². The fraction of sp³-hybridized carbons (Fsp3) is 0. The molecule has 10 aromatic carbocycles. The van der Waals surface area contributed by atoms with E-state index in [4.69, 9.17) is 15.0 Å². The summed E-state index contributed by atoms with van der Waals surface area (Å²) in [6.45, 7) is 0. The van der Waals surface area contributed by atoms with Gasteiger partial charge >= 0.3 is 0 Å². The molecule has 2 aromatic heterocycles. The summed E-state index contributed by atoms with van der Waals surface area (Å²) in [6, 6.07) is 75.9. The molecular weight excluding hydrogens is 759 g/mol. The van der Waals surface area contributed by atoms with Gasteiger partial charge in [0.2, 0.25) is 0 Å². The van der Waals surface area contributed by atoms with Crippen molar-refractivity contribution < 1.29 is 0 Å². The van der Waals surface area contributed by atoms with Gasteiger partial charge in [-0.1, -0.05) is 170 Å². The van der Waals surface area contributed by atoms with Gasteiger partial charge in [0.05, 0.1) is 0 Å². The molecule has 61 heavy (non-hydrogen) atoms. The number of rotatable bonds is 6. The van der Waals surface area contributed by atoms with Crippen molar-refractivity contribution in [1.29, 1.82) is 0 Å². The van der Waals surface area contributed by atoms with Crippen LogP contribution in [-0.2, 0) is 0 Å². The van der Waals surface area contributed by atoms with E-state index in [0.717, 1.165) is 38.9 Å². The summed E-state index contributed by atoms with van der Waals surface area (Å²) in [5.74, 6) is 1.91. The van der Waals surface area contributed by atoms with Crippen molar-refractivity contribution in [1.82, 2.24) is 15.0 Å². The molecule has 0 saturated carbocycles. The SMILES string of the molecule is c1ccc(-c2ccccc2-c2nc(-c3cccc(-c4cccc(-c5c6ccccc6cc6c5ccc5ccccc56)c4)c3)nc(-c3ccc4sc5ccccc5c4c3)n2)cc1. The second-order valence-corrected chi connectivity index (χ2v) is 16.6. The molecule has 12 rings (SSSR count). The Bertz CT molecular complexity index is 3660. The van der Waals surface area contributed by atoms with Crippen LogP contribution in [0.2, 0.25) is 0 Å². The van der Waals surface area contributed by atoms with Crippen molar-refractivity contribution in [2.75, 3.05) is 0 Å². The summed E-state index contributed by atoms with van der Waals surface area (Å²) in [7, 11) is 0. The monoisotopic (exact) mass is 793 g/mol. The normalized spacial score (nSPS) is 11.6. The summed E-state index contributed by atoms with van der Waals surface area (Å²) in [5.41, 5.74) is 9.67. The summed E-state index contributed by atoms with van der Waals surface area (Å²) >= 11 is 1.81. The first-order valence-electron chi connectivity index (χ1n) is 20.6. The summed E-state index contributed by atoms with van der Waals surface area (Å²) in [4.78, 5) is 15.7. The van der Waals surface area contributed by atoms with E-state index in [1.807, 2.05) is 17.4 Å². The Morgan fingerprint density at radius 1 is 0.262 bits per heavy atom. The van der Waals surface area contributed by atoms with Crippen LogP contribution in [0.25, 0.3) is 120 Å². The lowest BCUT2D eigenvalue weighted by Crippen LogP contribution is -2.01. The van der Waals surface area contributed by atoms with E-state index in [0.29, 0.717) is 17.5 Å². The van der Waals surface area contributed by atoms with E-state index in [2.05, 4.69) is 206 Å². The van der Waals surface area contributed by atoms with E-state index in [-0.39, 0.29) is 0 Å². The molecule has 0 aliphatic heterocycles. The zero-order valence-corrected chi connectivity index (χ0v) is 33.8. The van der Waals surface area contributed by atoms with Gasteiger partial charge in [-0.05, 0) is 108 Å². The fourth-order valence-electron chi connectivity index (χ4n) is 8.99. The molecule has 3 nitrogen and oxygen atoms in total. The predicted molar refractivity (Wildman–Crippen MR) is 258 cm³/mol. The third-order valence-corrected chi connectivity index (χ3v) is 13.1. The van der Waals surface area contributed by atoms with Crippen molar-refractivity contribution >= 4 is 63.8 Å². The van der Waals surface area contributed by atoms with Crippen LogP contribution in [0.15, 0.2) is 212 Å². The molecule has 284 valence electrons. The summed E-state index contributed by atoms with van der Waals surface area (Å²) in [6.07, 6.45) is 0. The van der Waals surface area contributed by atoms with Crippen molar-refractivity contribution in [3.63, 3.8) is 0 Å². The largest absolute Gasteiger partial charge is 0.208 e. The Hall–Kier alpha value is -7.79. The molecule has 2 heterocycles. The number of fused-ring (bicyclic) bond motifs is 7. The number of hydrogen-bond donors (Lipinski definition) is 0. The maximum atomic E-state index is 5.26. The number of hydrogen-bond acceptors (Lipinski definition) is 4. The van der Waals surface area contributed by atoms with Gasteiger partial charge < -0.3 is 0 Å². The van der Waals surface area contributed by atoms with E-state index in [1.54, 1.807) is 0 Å². The molecule has 0 atom stereocenters. The first-order chi connectivity index (χ1) is 30.2. The Labute approximate surface area is 356 Å². The summed E-state index contributed by atoms with van der Waals surface area (Å²) < 4.78 is 2.51. The Morgan fingerprint density at radius 3 is 1.66 bits per heavy atom. The number of benzene rings is 10. The average molecular weight is 794 g/mol. The minimum atomic E-state index is 0.628. The molecule has 0 aliphatic rings. The Balaban J connectivity index is 1.02. The third-order valence-electron chi connectivity index (χ3n) is 11.9. The molecule has 0 spiro atoms. The molecule has 12 aromatic rings. The molecule has 0 aliphatic carbocycles. The molecule has 4 heteroatoms. The van der Waals surface area contributed by atoms with E-state index in [1.165, 1.54) is 63.6 Å². The zero-order valence-electron chi connectivity index (χ0n) is 33.0. The van der Waals surface area contributed by atoms with Crippen LogP contribution in [0.1, 0.15) is 0 Å². The van der Waals surface area contributed by atoms with Crippen LogP contribution < -0.4 is 0 Å². The van der Waals surface area contributed by atoms with Crippen LogP contribution in [0, 0.1) is 0 Å². The molecule has 0 amide bonds. The van der Waals surface area contributed by atoms with Gasteiger partial charge in [-0.3, -0.25) is 0 Å². The lowest BCUT2D eigenvalue weighted by Gasteiger charge is -2.15. The standard InChI is InChI=1S/C57H35N3S/c1-2-14-36(15-3-1)44-22-8-9-26-49(44)57-59-55(58-56(60-57)43-29-31-53-51(35-43)47-25-10-11-27-52(47)61-53)42-21-13-19-39(33-42)38-18-12-20-41(32-38)54-46-24-7-5-17-40(46)34-50-45-23-6-4-16-37(45)28-30-48(50)54/h1-35H. The topological polar surface area (TPSA) is 38.7 Å². The van der Waals surface area contributed by atoms with Gasteiger partial charge in [-0.25, -0.2) is 15.0 Å². The van der Waals surface area contributed by atoms with Crippen LogP contribution in [0.3, 0.4) is 0 Å². The Morgan fingerprint density at radius 2 is 0.836 bits per heavy atom. The first-order valence-corrected chi connectivity index (χ1v) is 21.4. The van der Waals surface area contributed by atoms with Crippen LogP contribution in [0.5, 0.6) is 0 Å². The van der Waals surface area contributed by atoms with Crippen LogP contribution in [-0.4, -0.2) is 15.0 Å². The maximum absolute atomic E-state index is 5.26. The van der Waals surface area contributed by atoms with E-state index in [9.17, 15) is 0 Å². The molecule has 0 saturated heterocycles. The van der Waals surface area contributed by atoms with Crippen molar-refractivity contribution in [3.05, 3.63) is 212 Å². The van der Waals surface area contributed by atoms with Crippen molar-refractivity contribution in [2.45, 2.75) is 0 Å². The highest BCUT2D eigenvalue weighted by Gasteiger charge is 2.18. The minimum absolute atomic E-state index is 0.628. The van der Waals surface area contributed by atoms with E-state index < -0.39 is 0 Å². The molecule has 0 radical (unpaired) electrons. The predicted octanol–water partition coefficient (Wildman–Crippen LogP) is 15.7. The second-order valence-electron chi connectivity index (χ2n) is 15.5. The molecule has 0 N–H and O–H groups in total. The van der Waals surface area contributed by atoms with Gasteiger partial charge in [0.25, 0.3) is 0 Å². The average Bonchev–Trinajstić information content (AvgIpc) is 3.71. The second kappa shape index (κ2) is 14.5. The highest BCUT2D eigenvalue weighted by atomic mass is 32.1. The van der Waals surface area contributed by atoms with Gasteiger partial charge in [-0.2, -0.15) is 0 Å². The van der Waals surface area contributed by atoms with Crippen LogP contribution >= 0.6 is 11.3 Å². The fourth-order valence-corrected chi connectivity index (χ4v) is 10.1. The highest BCUT2D eigenvalue weighted by Crippen LogP contribution is 2.41. The van der Waals surface area contributed by atoms with Crippen molar-refractivity contribution in [3.8, 4) is 67.5 Å². The molecule has 0 unspecified atom stereocenters. The van der Waals surface area contributed by atoms with E-state index >= 15 is 0 Å². The van der Waals surface area contributed by atoms with Crippen LogP contribution in [0.4, 0.5) is 0 Å². The highest BCUT2D eigenvalue weighted by molar-refractivity contribution is 7.25. The minimum Gasteiger partial charge on any atom is -0.208 e. The van der Waals surface area contributed by atoms with Gasteiger partial charge in [0, 0.05) is 36.9 Å². The zero-order chi connectivity index (χ0) is 40.3. The lowest BCUT2D eigenvalue weighted by molar-refractivity contribution is 1.07. The van der Waals surface area contributed by atoms with Gasteiger partial charge in [-0.15, -0.1) is 11.3 Å². The smallest absolute Gasteiger partial charge is 0.164 e. The number of thiophene rings is 1. The lowest BCUT2D eigenvalue weighted by atomic mass is 9.89. The Kier molecular flexibility index (Phi) is 8.36. The quantitative estimate of drug-likeness (QED) is 0.124. The van der Waals surface area contributed by atoms with Crippen molar-refractivity contribution in [2.24, 2.45) is 0 Å².